The van der Waals surface area contributed by atoms with E-state index in [9.17, 15) is 4.79 Å². The van der Waals surface area contributed by atoms with Crippen LogP contribution >= 0.6 is 24.8 Å². The maximum Gasteiger partial charge on any atom is 0.233 e. The Morgan fingerprint density at radius 1 is 1.35 bits per heavy atom. The summed E-state index contributed by atoms with van der Waals surface area (Å²) in [5, 5.41) is 2.76. The quantitative estimate of drug-likeness (QED) is 0.877. The number of halogens is 2. The van der Waals surface area contributed by atoms with Crippen LogP contribution < -0.4 is 11.1 Å². The molecule has 20 heavy (non-hydrogen) atoms. The summed E-state index contributed by atoms with van der Waals surface area (Å²) in [7, 11) is 0. The number of carbonyl (C=O) groups excluding carboxylic acids is 1. The van der Waals surface area contributed by atoms with Crippen LogP contribution in [0.4, 0.5) is 0 Å². The highest BCUT2D eigenvalue weighted by atomic mass is 35.5. The Balaban J connectivity index is 0.00000180. The summed E-state index contributed by atoms with van der Waals surface area (Å²) in [6.45, 7) is 3.57. The lowest BCUT2D eigenvalue weighted by atomic mass is 10.3. The molecule has 1 amide bonds. The first-order valence-corrected chi connectivity index (χ1v) is 6.17. The summed E-state index contributed by atoms with van der Waals surface area (Å²) >= 11 is 0. The Labute approximate surface area is 130 Å². The van der Waals surface area contributed by atoms with Crippen molar-refractivity contribution < 1.29 is 4.79 Å². The summed E-state index contributed by atoms with van der Waals surface area (Å²) in [6.07, 6.45) is 0.717. The molecule has 2 rings (SSSR count). The lowest BCUT2D eigenvalue weighted by molar-refractivity contribution is -0.119. The van der Waals surface area contributed by atoms with Crippen LogP contribution in [-0.2, 0) is 17.8 Å². The van der Waals surface area contributed by atoms with Crippen LogP contribution in [0, 0.1) is 0 Å². The summed E-state index contributed by atoms with van der Waals surface area (Å²) in [6, 6.07) is 8.06. The summed E-state index contributed by atoms with van der Waals surface area (Å²) in [5.41, 5.74) is 7.37. The lowest BCUT2D eigenvalue weighted by Gasteiger charge is -2.06. The molecule has 0 saturated heterocycles. The second-order valence-corrected chi connectivity index (χ2v) is 4.07. The largest absolute Gasteiger partial charge is 0.355 e. The van der Waals surface area contributed by atoms with Gasteiger partial charge in [0.15, 0.2) is 0 Å². The first-order valence-electron chi connectivity index (χ1n) is 6.17. The summed E-state index contributed by atoms with van der Waals surface area (Å²) in [4.78, 5) is 15.7. The molecule has 0 aliphatic carbocycles. The summed E-state index contributed by atoms with van der Waals surface area (Å²) < 4.78 is 2.17. The highest BCUT2D eigenvalue weighted by molar-refractivity contribution is 5.85. The van der Waals surface area contributed by atoms with E-state index < -0.39 is 0 Å². The maximum atomic E-state index is 11.1. The van der Waals surface area contributed by atoms with Crippen LogP contribution in [0.3, 0.4) is 0 Å². The molecule has 0 bridgehead atoms. The van der Waals surface area contributed by atoms with Crippen molar-refractivity contribution in [3.05, 3.63) is 30.1 Å². The monoisotopic (exact) mass is 318 g/mol. The molecule has 112 valence electrons. The van der Waals surface area contributed by atoms with Gasteiger partial charge < -0.3 is 15.6 Å². The molecule has 0 spiro atoms. The second kappa shape index (κ2) is 8.79. The maximum absolute atomic E-state index is 11.1. The smallest absolute Gasteiger partial charge is 0.233 e. The number of amides is 1. The number of nitrogens with one attached hydrogen (secondary N) is 1. The molecule has 0 saturated carbocycles. The van der Waals surface area contributed by atoms with Crippen LogP contribution in [0.25, 0.3) is 11.0 Å². The van der Waals surface area contributed by atoms with E-state index in [0.29, 0.717) is 13.0 Å². The van der Waals surface area contributed by atoms with Crippen LogP contribution in [0.5, 0.6) is 0 Å². The number of para-hydroxylation sites is 2. The van der Waals surface area contributed by atoms with Gasteiger partial charge in [-0.3, -0.25) is 4.79 Å². The number of hydrogen-bond acceptors (Lipinski definition) is 3. The van der Waals surface area contributed by atoms with Crippen molar-refractivity contribution in [2.24, 2.45) is 5.73 Å². The molecular weight excluding hydrogens is 299 g/mol. The van der Waals surface area contributed by atoms with Crippen molar-refractivity contribution in [2.75, 3.05) is 13.1 Å². The number of fused-ring (bicyclic) bond motifs is 1. The molecule has 0 atom stereocenters. The van der Waals surface area contributed by atoms with E-state index >= 15 is 0 Å². The molecule has 5 nitrogen and oxygen atoms in total. The van der Waals surface area contributed by atoms with Crippen molar-refractivity contribution >= 4 is 41.8 Å². The van der Waals surface area contributed by atoms with Crippen molar-refractivity contribution in [3.8, 4) is 0 Å². The molecule has 0 radical (unpaired) electrons. The number of aromatic nitrogens is 2. The van der Waals surface area contributed by atoms with Crippen molar-refractivity contribution in [1.29, 1.82) is 0 Å². The molecular formula is C13H20Cl2N4O. The van der Waals surface area contributed by atoms with E-state index in [1.807, 2.05) is 18.2 Å². The first-order chi connectivity index (χ1) is 8.76. The topological polar surface area (TPSA) is 72.9 Å². The molecule has 0 fully saturated rings. The van der Waals surface area contributed by atoms with Crippen molar-refractivity contribution in [3.63, 3.8) is 0 Å². The van der Waals surface area contributed by atoms with Gasteiger partial charge in [0, 0.05) is 19.5 Å². The number of aryl methyl sites for hydroxylation is 1. The Hall–Kier alpha value is -1.30. The first kappa shape index (κ1) is 18.7. The zero-order valence-electron chi connectivity index (χ0n) is 11.3. The number of rotatable bonds is 5. The van der Waals surface area contributed by atoms with Gasteiger partial charge in [-0.15, -0.1) is 24.8 Å². The standard InChI is InChI=1S/C13H18N4O.2ClH/c1-2-17-11-6-4-3-5-10(11)16-12(17)7-8-15-13(18)9-14;;/h3-6H,2,7-9,14H2,1H3,(H,15,18);2*1H. The molecule has 0 aliphatic rings. The number of carbonyl (C=O) groups is 1. The third kappa shape index (κ3) is 4.10. The fourth-order valence-electron chi connectivity index (χ4n) is 2.05. The third-order valence-electron chi connectivity index (χ3n) is 2.91. The number of nitrogens with two attached hydrogens (primary N) is 1. The minimum Gasteiger partial charge on any atom is -0.355 e. The molecule has 1 aromatic carbocycles. The van der Waals surface area contributed by atoms with Gasteiger partial charge in [-0.1, -0.05) is 12.1 Å². The molecule has 7 heteroatoms. The number of hydrogen-bond donors (Lipinski definition) is 2. The zero-order valence-corrected chi connectivity index (χ0v) is 13.0. The van der Waals surface area contributed by atoms with Crippen LogP contribution in [0.15, 0.2) is 24.3 Å². The van der Waals surface area contributed by atoms with Crippen molar-refractivity contribution in [1.82, 2.24) is 14.9 Å². The Morgan fingerprint density at radius 3 is 2.70 bits per heavy atom. The number of imidazole rings is 1. The van der Waals surface area contributed by atoms with E-state index in [2.05, 4.69) is 27.9 Å². The van der Waals surface area contributed by atoms with E-state index in [4.69, 9.17) is 5.73 Å². The average molecular weight is 319 g/mol. The van der Waals surface area contributed by atoms with E-state index in [-0.39, 0.29) is 37.3 Å². The van der Waals surface area contributed by atoms with Gasteiger partial charge in [0.05, 0.1) is 17.6 Å². The van der Waals surface area contributed by atoms with Gasteiger partial charge in [0.25, 0.3) is 0 Å². The lowest BCUT2D eigenvalue weighted by Crippen LogP contribution is -2.32. The highest BCUT2D eigenvalue weighted by Crippen LogP contribution is 2.15. The van der Waals surface area contributed by atoms with Gasteiger partial charge in [-0.2, -0.15) is 0 Å². The molecule has 2 aromatic rings. The Bertz CT molecular complexity index is 556. The normalized spacial score (nSPS) is 9.70. The zero-order chi connectivity index (χ0) is 13.0. The molecule has 1 heterocycles. The third-order valence-corrected chi connectivity index (χ3v) is 2.91. The van der Waals surface area contributed by atoms with Gasteiger partial charge in [-0.25, -0.2) is 4.98 Å². The minimum absolute atomic E-state index is 0. The number of nitrogens with zero attached hydrogens (tertiary/aromatic N) is 2. The van der Waals surface area contributed by atoms with Gasteiger partial charge in [0.1, 0.15) is 5.82 Å². The fraction of sp³-hybridized carbons (Fsp3) is 0.385. The van der Waals surface area contributed by atoms with Crippen LogP contribution in [-0.4, -0.2) is 28.5 Å². The van der Waals surface area contributed by atoms with Crippen molar-refractivity contribution in [2.45, 2.75) is 19.9 Å². The number of benzene rings is 1. The van der Waals surface area contributed by atoms with E-state index in [0.717, 1.165) is 23.4 Å². The van der Waals surface area contributed by atoms with E-state index in [1.54, 1.807) is 0 Å². The van der Waals surface area contributed by atoms with Gasteiger partial charge >= 0.3 is 0 Å². The Morgan fingerprint density at radius 2 is 2.05 bits per heavy atom. The minimum atomic E-state index is -0.130. The molecule has 3 N–H and O–H groups in total. The van der Waals surface area contributed by atoms with E-state index in [1.165, 1.54) is 0 Å². The molecule has 0 aliphatic heterocycles. The summed E-state index contributed by atoms with van der Waals surface area (Å²) in [5.74, 6) is 0.866. The van der Waals surface area contributed by atoms with Gasteiger partial charge in [0.2, 0.25) is 5.91 Å². The molecule has 0 unspecified atom stereocenters. The highest BCUT2D eigenvalue weighted by Gasteiger charge is 2.08. The predicted octanol–water partition coefficient (Wildman–Crippen LogP) is 1.52. The van der Waals surface area contributed by atoms with Crippen LogP contribution in [0.2, 0.25) is 0 Å². The Kier molecular flexibility index (Phi) is 8.22. The SMILES string of the molecule is CCn1c(CCNC(=O)CN)nc2ccccc21.Cl.Cl. The average Bonchev–Trinajstić information content (AvgIpc) is 2.75. The molecule has 1 aromatic heterocycles. The van der Waals surface area contributed by atoms with Crippen LogP contribution in [0.1, 0.15) is 12.7 Å². The second-order valence-electron chi connectivity index (χ2n) is 4.07. The predicted molar refractivity (Wildman–Crippen MR) is 85.7 cm³/mol. The fourth-order valence-corrected chi connectivity index (χ4v) is 2.05. The van der Waals surface area contributed by atoms with Gasteiger partial charge in [-0.05, 0) is 19.1 Å².